The summed E-state index contributed by atoms with van der Waals surface area (Å²) in [6.45, 7) is 0. The Morgan fingerprint density at radius 3 is 2.47 bits per heavy atom. The SMILES string of the molecule is Nc1ccc(C(=O)C=Cc2c(F)cccc2Cl)cc1. The maximum Gasteiger partial charge on any atom is 0.185 e. The maximum absolute atomic E-state index is 13.5. The van der Waals surface area contributed by atoms with Crippen LogP contribution in [0.2, 0.25) is 5.02 Å². The molecule has 0 fully saturated rings. The molecule has 0 aromatic heterocycles. The molecule has 2 nitrogen and oxygen atoms in total. The topological polar surface area (TPSA) is 43.1 Å². The van der Waals surface area contributed by atoms with E-state index in [1.54, 1.807) is 30.3 Å². The summed E-state index contributed by atoms with van der Waals surface area (Å²) in [5, 5.41) is 0.265. The van der Waals surface area contributed by atoms with Gasteiger partial charge in [0.05, 0.1) is 5.02 Å². The third kappa shape index (κ3) is 3.20. The van der Waals surface area contributed by atoms with Crippen molar-refractivity contribution < 1.29 is 9.18 Å². The monoisotopic (exact) mass is 275 g/mol. The van der Waals surface area contributed by atoms with Gasteiger partial charge in [-0.3, -0.25) is 4.79 Å². The molecule has 0 spiro atoms. The number of allylic oxidation sites excluding steroid dienone is 1. The van der Waals surface area contributed by atoms with Crippen molar-refractivity contribution in [2.75, 3.05) is 5.73 Å². The summed E-state index contributed by atoms with van der Waals surface area (Å²) < 4.78 is 13.5. The average Bonchev–Trinajstić information content (AvgIpc) is 2.38. The van der Waals surface area contributed by atoms with Crippen molar-refractivity contribution in [2.24, 2.45) is 0 Å². The third-order valence-electron chi connectivity index (χ3n) is 2.60. The first kappa shape index (κ1) is 13.3. The summed E-state index contributed by atoms with van der Waals surface area (Å²) in [6.07, 6.45) is 2.66. The van der Waals surface area contributed by atoms with Gasteiger partial charge in [-0.2, -0.15) is 0 Å². The standard InChI is InChI=1S/C15H11ClFNO/c16-13-2-1-3-14(17)12(13)8-9-15(19)10-4-6-11(18)7-5-10/h1-9H,18H2. The zero-order valence-corrected chi connectivity index (χ0v) is 10.7. The van der Waals surface area contributed by atoms with Crippen LogP contribution in [0.3, 0.4) is 0 Å². The van der Waals surface area contributed by atoms with E-state index in [1.807, 2.05) is 0 Å². The van der Waals surface area contributed by atoms with Crippen molar-refractivity contribution in [3.05, 3.63) is 70.5 Å². The van der Waals surface area contributed by atoms with Gasteiger partial charge >= 0.3 is 0 Å². The Bertz CT molecular complexity index is 615. The van der Waals surface area contributed by atoms with E-state index in [1.165, 1.54) is 24.3 Å². The Hall–Kier alpha value is -2.13. The first-order valence-corrected chi connectivity index (χ1v) is 5.97. The summed E-state index contributed by atoms with van der Waals surface area (Å²) >= 11 is 5.86. The molecule has 0 aliphatic carbocycles. The fourth-order valence-electron chi connectivity index (χ4n) is 1.57. The van der Waals surface area contributed by atoms with Crippen molar-refractivity contribution in [1.82, 2.24) is 0 Å². The van der Waals surface area contributed by atoms with Crippen LogP contribution in [0.15, 0.2) is 48.5 Å². The summed E-state index contributed by atoms with van der Waals surface area (Å²) in [7, 11) is 0. The molecule has 0 radical (unpaired) electrons. The van der Waals surface area contributed by atoms with Gasteiger partial charge in [-0.1, -0.05) is 17.7 Å². The molecular weight excluding hydrogens is 265 g/mol. The number of nitrogens with two attached hydrogens (primary N) is 1. The molecule has 19 heavy (non-hydrogen) atoms. The van der Waals surface area contributed by atoms with Crippen LogP contribution >= 0.6 is 11.6 Å². The van der Waals surface area contributed by atoms with Gasteiger partial charge < -0.3 is 5.73 Å². The lowest BCUT2D eigenvalue weighted by Crippen LogP contribution is -1.95. The number of rotatable bonds is 3. The van der Waals surface area contributed by atoms with E-state index in [4.69, 9.17) is 17.3 Å². The second kappa shape index (κ2) is 5.67. The Morgan fingerprint density at radius 2 is 1.84 bits per heavy atom. The van der Waals surface area contributed by atoms with Gasteiger partial charge in [-0.25, -0.2) is 4.39 Å². The lowest BCUT2D eigenvalue weighted by molar-refractivity contribution is 0.104. The highest BCUT2D eigenvalue weighted by Gasteiger charge is 2.05. The molecule has 96 valence electrons. The van der Waals surface area contributed by atoms with E-state index < -0.39 is 5.82 Å². The van der Waals surface area contributed by atoms with Gasteiger partial charge in [-0.05, 0) is 48.6 Å². The fraction of sp³-hybridized carbons (Fsp3) is 0. The number of carbonyl (C=O) groups excluding carboxylic acids is 1. The molecule has 0 atom stereocenters. The van der Waals surface area contributed by atoms with E-state index in [9.17, 15) is 9.18 Å². The second-order valence-corrected chi connectivity index (χ2v) is 4.36. The highest BCUT2D eigenvalue weighted by molar-refractivity contribution is 6.32. The van der Waals surface area contributed by atoms with Gasteiger partial charge in [0.2, 0.25) is 0 Å². The number of hydrogen-bond acceptors (Lipinski definition) is 2. The normalized spacial score (nSPS) is 10.8. The largest absolute Gasteiger partial charge is 0.399 e. The molecule has 0 aliphatic heterocycles. The van der Waals surface area contributed by atoms with Crippen molar-refractivity contribution in [3.63, 3.8) is 0 Å². The van der Waals surface area contributed by atoms with Crippen LogP contribution < -0.4 is 5.73 Å². The molecule has 4 heteroatoms. The molecule has 2 N–H and O–H groups in total. The summed E-state index contributed by atoms with van der Waals surface area (Å²) in [5.41, 5.74) is 6.80. The van der Waals surface area contributed by atoms with E-state index >= 15 is 0 Å². The third-order valence-corrected chi connectivity index (χ3v) is 2.93. The number of anilines is 1. The van der Waals surface area contributed by atoms with Gasteiger partial charge in [0.1, 0.15) is 5.82 Å². The predicted molar refractivity (Wildman–Crippen MR) is 75.6 cm³/mol. The predicted octanol–water partition coefficient (Wildman–Crippen LogP) is 3.96. The lowest BCUT2D eigenvalue weighted by Gasteiger charge is -2.00. The minimum absolute atomic E-state index is 0.202. The first-order chi connectivity index (χ1) is 9.08. The highest BCUT2D eigenvalue weighted by Crippen LogP contribution is 2.20. The lowest BCUT2D eigenvalue weighted by atomic mass is 10.1. The molecule has 0 saturated heterocycles. The van der Waals surface area contributed by atoms with Gasteiger partial charge in [0.25, 0.3) is 0 Å². The highest BCUT2D eigenvalue weighted by atomic mass is 35.5. The Labute approximate surface area is 115 Å². The van der Waals surface area contributed by atoms with Crippen LogP contribution in [0.5, 0.6) is 0 Å². The summed E-state index contributed by atoms with van der Waals surface area (Å²) in [6, 6.07) is 10.9. The van der Waals surface area contributed by atoms with Gasteiger partial charge in [0, 0.05) is 16.8 Å². The molecule has 2 aromatic rings. The van der Waals surface area contributed by atoms with Crippen LogP contribution in [-0.2, 0) is 0 Å². The van der Waals surface area contributed by atoms with Gasteiger partial charge in [0.15, 0.2) is 5.78 Å². The molecule has 2 aromatic carbocycles. The first-order valence-electron chi connectivity index (χ1n) is 5.60. The molecule has 0 heterocycles. The van der Waals surface area contributed by atoms with Crippen molar-refractivity contribution >= 4 is 29.1 Å². The zero-order chi connectivity index (χ0) is 13.8. The molecule has 2 rings (SSSR count). The molecule has 0 saturated carbocycles. The molecule has 0 unspecified atom stereocenters. The average molecular weight is 276 g/mol. The van der Waals surface area contributed by atoms with Crippen LogP contribution in [0.25, 0.3) is 6.08 Å². The van der Waals surface area contributed by atoms with Gasteiger partial charge in [-0.15, -0.1) is 0 Å². The number of carbonyl (C=O) groups is 1. The number of nitrogen functional groups attached to an aromatic ring is 1. The summed E-state index contributed by atoms with van der Waals surface area (Å²) in [4.78, 5) is 11.9. The minimum Gasteiger partial charge on any atom is -0.399 e. The fourth-order valence-corrected chi connectivity index (χ4v) is 1.80. The number of halogens is 2. The molecule has 0 amide bonds. The van der Waals surface area contributed by atoms with E-state index in [2.05, 4.69) is 0 Å². The van der Waals surface area contributed by atoms with Crippen molar-refractivity contribution in [2.45, 2.75) is 0 Å². The molecule has 0 bridgehead atoms. The minimum atomic E-state index is -0.464. The van der Waals surface area contributed by atoms with Crippen molar-refractivity contribution in [3.8, 4) is 0 Å². The Balaban J connectivity index is 2.23. The Kier molecular flexibility index (Phi) is 3.97. The van der Waals surface area contributed by atoms with Crippen molar-refractivity contribution in [1.29, 1.82) is 0 Å². The van der Waals surface area contributed by atoms with E-state index in [-0.39, 0.29) is 16.4 Å². The molecular formula is C15H11ClFNO. The number of ketones is 1. The quantitative estimate of drug-likeness (QED) is 0.523. The van der Waals surface area contributed by atoms with Crippen LogP contribution in [-0.4, -0.2) is 5.78 Å². The Morgan fingerprint density at radius 1 is 1.16 bits per heavy atom. The second-order valence-electron chi connectivity index (χ2n) is 3.95. The maximum atomic E-state index is 13.5. The van der Waals surface area contributed by atoms with Crippen LogP contribution in [0.4, 0.5) is 10.1 Å². The van der Waals surface area contributed by atoms with E-state index in [0.717, 1.165) is 0 Å². The number of benzene rings is 2. The smallest absolute Gasteiger partial charge is 0.185 e. The molecule has 0 aliphatic rings. The van der Waals surface area contributed by atoms with Crippen LogP contribution in [0.1, 0.15) is 15.9 Å². The van der Waals surface area contributed by atoms with E-state index in [0.29, 0.717) is 11.3 Å². The number of hydrogen-bond donors (Lipinski definition) is 1. The zero-order valence-electron chi connectivity index (χ0n) is 9.94. The summed E-state index contributed by atoms with van der Waals surface area (Å²) in [5.74, 6) is -0.701. The van der Waals surface area contributed by atoms with Crippen LogP contribution in [0, 0.1) is 5.82 Å².